The predicted molar refractivity (Wildman–Crippen MR) is 141 cm³/mol. The quantitative estimate of drug-likeness (QED) is 0.286. The molecule has 0 saturated carbocycles. The van der Waals surface area contributed by atoms with Gasteiger partial charge in [-0.1, -0.05) is 99.2 Å². The van der Waals surface area contributed by atoms with Gasteiger partial charge in [0, 0.05) is 17.1 Å². The lowest BCUT2D eigenvalue weighted by Gasteiger charge is -2.21. The van der Waals surface area contributed by atoms with Crippen molar-refractivity contribution in [3.8, 4) is 0 Å². The lowest BCUT2D eigenvalue weighted by atomic mass is 9.86. The maximum absolute atomic E-state index is 15.0. The van der Waals surface area contributed by atoms with Crippen LogP contribution in [0.2, 0.25) is 0 Å². The van der Waals surface area contributed by atoms with Crippen LogP contribution < -0.4 is 0 Å². The Morgan fingerprint density at radius 2 is 1.54 bits per heavy atom. The molecule has 0 fully saturated rings. The van der Waals surface area contributed by atoms with Gasteiger partial charge in [0.05, 0.1) is 0 Å². The Kier molecular flexibility index (Phi) is 8.07. The van der Waals surface area contributed by atoms with E-state index < -0.39 is 17.6 Å². The summed E-state index contributed by atoms with van der Waals surface area (Å²) in [5.41, 5.74) is 5.31. The van der Waals surface area contributed by atoms with Gasteiger partial charge in [0.2, 0.25) is 0 Å². The van der Waals surface area contributed by atoms with Gasteiger partial charge in [0.25, 0.3) is 0 Å². The summed E-state index contributed by atoms with van der Waals surface area (Å²) < 4.78 is 44.4. The molecule has 0 N–H and O–H groups in total. The molecular formula is C32H31F3. The van der Waals surface area contributed by atoms with Crippen molar-refractivity contribution in [2.45, 2.75) is 51.9 Å². The number of hydrogen-bond donors (Lipinski definition) is 0. The molecule has 3 aromatic carbocycles. The highest BCUT2D eigenvalue weighted by Gasteiger charge is 2.27. The van der Waals surface area contributed by atoms with Crippen molar-refractivity contribution in [3.63, 3.8) is 0 Å². The van der Waals surface area contributed by atoms with Gasteiger partial charge in [-0.2, -0.15) is 0 Å². The van der Waals surface area contributed by atoms with Crippen molar-refractivity contribution in [1.82, 2.24) is 0 Å². The lowest BCUT2D eigenvalue weighted by Crippen LogP contribution is -2.06. The summed E-state index contributed by atoms with van der Waals surface area (Å²) in [4.78, 5) is 0. The molecule has 0 aliphatic heterocycles. The third-order valence-corrected chi connectivity index (χ3v) is 6.66. The topological polar surface area (TPSA) is 0 Å². The van der Waals surface area contributed by atoms with Crippen molar-refractivity contribution in [2.75, 3.05) is 0 Å². The molecule has 0 spiro atoms. The minimum Gasteiger partial charge on any atom is -0.208 e. The molecule has 0 heterocycles. The fraction of sp³-hybridized carbons (Fsp3) is 0.250. The zero-order valence-electron chi connectivity index (χ0n) is 20.3. The van der Waals surface area contributed by atoms with Crippen LogP contribution in [-0.4, -0.2) is 0 Å². The van der Waals surface area contributed by atoms with Crippen molar-refractivity contribution < 1.29 is 13.2 Å². The molecule has 3 aromatic rings. The van der Waals surface area contributed by atoms with E-state index in [1.54, 1.807) is 24.3 Å². The van der Waals surface area contributed by atoms with E-state index in [1.165, 1.54) is 0 Å². The molecular weight excluding hydrogens is 441 g/mol. The second kappa shape index (κ2) is 11.4. The standard InChI is InChI=1S/C32H31F3/c1-3-5-6-24-12-18-27(30(33)21-24)17-11-23-9-15-26(16-10-23)29-20-19-28(31(34)32(29)35)25-13-7-22(4-2)8-14-25/h7-19,21,29H,3-6,20H2,1-2H3/b17-11+. The first-order chi connectivity index (χ1) is 17.0. The Labute approximate surface area is 206 Å². The lowest BCUT2D eigenvalue weighted by molar-refractivity contribution is 0.487. The second-order valence-corrected chi connectivity index (χ2v) is 9.08. The van der Waals surface area contributed by atoms with E-state index in [4.69, 9.17) is 0 Å². The number of hydrogen-bond acceptors (Lipinski definition) is 0. The van der Waals surface area contributed by atoms with Crippen LogP contribution in [0.15, 0.2) is 84.5 Å². The van der Waals surface area contributed by atoms with Crippen molar-refractivity contribution in [2.24, 2.45) is 0 Å². The van der Waals surface area contributed by atoms with Gasteiger partial charge in [0.1, 0.15) is 11.6 Å². The first-order valence-corrected chi connectivity index (χ1v) is 12.4. The van der Waals surface area contributed by atoms with Crippen LogP contribution in [0.3, 0.4) is 0 Å². The fourth-order valence-electron chi connectivity index (χ4n) is 4.43. The van der Waals surface area contributed by atoms with Gasteiger partial charge in [-0.25, -0.2) is 13.2 Å². The number of rotatable bonds is 8. The van der Waals surface area contributed by atoms with Crippen LogP contribution in [-0.2, 0) is 12.8 Å². The minimum absolute atomic E-state index is 0.233. The van der Waals surface area contributed by atoms with Crippen molar-refractivity contribution >= 4 is 17.7 Å². The largest absolute Gasteiger partial charge is 0.208 e. The fourth-order valence-corrected chi connectivity index (χ4v) is 4.43. The van der Waals surface area contributed by atoms with Crippen LogP contribution in [0.1, 0.15) is 72.4 Å². The summed E-state index contributed by atoms with van der Waals surface area (Å²) in [6, 6.07) is 20.3. The monoisotopic (exact) mass is 472 g/mol. The van der Waals surface area contributed by atoms with E-state index in [2.05, 4.69) is 13.8 Å². The predicted octanol–water partition coefficient (Wildman–Crippen LogP) is 9.62. The molecule has 1 atom stereocenters. The normalized spacial score (nSPS) is 16.1. The van der Waals surface area contributed by atoms with Crippen molar-refractivity contribution in [1.29, 1.82) is 0 Å². The molecule has 0 bridgehead atoms. The Morgan fingerprint density at radius 1 is 0.829 bits per heavy atom. The number of benzene rings is 3. The molecule has 0 amide bonds. The number of allylic oxidation sites excluding steroid dienone is 4. The molecule has 0 aromatic heterocycles. The van der Waals surface area contributed by atoms with Gasteiger partial charge in [-0.15, -0.1) is 0 Å². The molecule has 4 rings (SSSR count). The molecule has 35 heavy (non-hydrogen) atoms. The van der Waals surface area contributed by atoms with E-state index >= 15 is 4.39 Å². The minimum atomic E-state index is -0.785. The Hall–Kier alpha value is -3.33. The zero-order valence-corrected chi connectivity index (χ0v) is 20.3. The average molecular weight is 473 g/mol. The van der Waals surface area contributed by atoms with E-state index in [1.807, 2.05) is 60.7 Å². The highest BCUT2D eigenvalue weighted by atomic mass is 19.2. The molecule has 1 aliphatic rings. The molecule has 0 nitrogen and oxygen atoms in total. The zero-order chi connectivity index (χ0) is 24.8. The summed E-state index contributed by atoms with van der Waals surface area (Å²) in [7, 11) is 0. The van der Waals surface area contributed by atoms with E-state index in [0.29, 0.717) is 23.1 Å². The Morgan fingerprint density at radius 3 is 2.20 bits per heavy atom. The third kappa shape index (κ3) is 5.85. The van der Waals surface area contributed by atoms with E-state index in [-0.39, 0.29) is 5.82 Å². The molecule has 0 radical (unpaired) electrons. The van der Waals surface area contributed by atoms with Crippen LogP contribution in [0.5, 0.6) is 0 Å². The molecule has 1 aliphatic carbocycles. The maximum Gasteiger partial charge on any atom is 0.162 e. The van der Waals surface area contributed by atoms with Gasteiger partial charge in [0.15, 0.2) is 5.83 Å². The highest BCUT2D eigenvalue weighted by molar-refractivity contribution is 5.79. The summed E-state index contributed by atoms with van der Waals surface area (Å²) >= 11 is 0. The van der Waals surface area contributed by atoms with Crippen LogP contribution in [0, 0.1) is 5.82 Å². The van der Waals surface area contributed by atoms with Gasteiger partial charge in [-0.05, 0) is 59.6 Å². The Balaban J connectivity index is 1.46. The first kappa shape index (κ1) is 24.8. The van der Waals surface area contributed by atoms with Crippen molar-refractivity contribution in [3.05, 3.63) is 124 Å². The molecule has 1 unspecified atom stereocenters. The van der Waals surface area contributed by atoms with Gasteiger partial charge >= 0.3 is 0 Å². The van der Waals surface area contributed by atoms with Crippen LogP contribution >= 0.6 is 0 Å². The molecule has 180 valence electrons. The Bertz CT molecular complexity index is 1240. The number of aryl methyl sites for hydroxylation is 2. The van der Waals surface area contributed by atoms with Crippen LogP contribution in [0.4, 0.5) is 13.2 Å². The summed E-state index contributed by atoms with van der Waals surface area (Å²) in [5.74, 6) is -2.38. The summed E-state index contributed by atoms with van der Waals surface area (Å²) in [6.45, 7) is 4.18. The summed E-state index contributed by atoms with van der Waals surface area (Å²) in [5, 5.41) is 0. The third-order valence-electron chi connectivity index (χ3n) is 6.66. The van der Waals surface area contributed by atoms with Crippen LogP contribution in [0.25, 0.3) is 17.7 Å². The number of unbranched alkanes of at least 4 members (excludes halogenated alkanes) is 1. The van der Waals surface area contributed by atoms with Gasteiger partial charge in [-0.3, -0.25) is 0 Å². The second-order valence-electron chi connectivity index (χ2n) is 9.08. The van der Waals surface area contributed by atoms with Gasteiger partial charge < -0.3 is 0 Å². The first-order valence-electron chi connectivity index (χ1n) is 12.4. The SMILES string of the molecule is CCCCc1ccc(/C=C/c2ccc(C3CC=C(c4ccc(CC)cc4)C(F)=C3F)cc2)c(F)c1. The summed E-state index contributed by atoms with van der Waals surface area (Å²) in [6.07, 6.45) is 9.67. The number of halogens is 3. The van der Waals surface area contributed by atoms with E-state index in [0.717, 1.165) is 47.9 Å². The average Bonchev–Trinajstić information content (AvgIpc) is 2.89. The maximum atomic E-state index is 15.0. The molecule has 0 saturated heterocycles. The smallest absolute Gasteiger partial charge is 0.162 e. The van der Waals surface area contributed by atoms with E-state index in [9.17, 15) is 8.78 Å². The highest BCUT2D eigenvalue weighted by Crippen LogP contribution is 2.42. The molecule has 3 heteroatoms.